The Morgan fingerprint density at radius 2 is 2.16 bits per heavy atom. The second kappa shape index (κ2) is 6.48. The van der Waals surface area contributed by atoms with Gasteiger partial charge in [0, 0.05) is 6.04 Å². The van der Waals surface area contributed by atoms with E-state index >= 15 is 0 Å². The number of nitrogens with zero attached hydrogens (tertiary/aromatic N) is 1. The second-order valence-corrected chi connectivity index (χ2v) is 5.98. The van der Waals surface area contributed by atoms with Crippen molar-refractivity contribution in [3.05, 3.63) is 22.4 Å². The largest absolute Gasteiger partial charge is 0.327 e. The molecular formula is C14H20BrN3O. The maximum Gasteiger partial charge on any atom is 0.229 e. The molecule has 0 bridgehead atoms. The number of aromatic nitrogens is 1. The Balaban J connectivity index is 2.04. The van der Waals surface area contributed by atoms with Crippen molar-refractivity contribution in [3.8, 4) is 0 Å². The number of nitrogens with one attached hydrogen (secondary N) is 1. The molecule has 1 aromatic heterocycles. The van der Waals surface area contributed by atoms with Crippen LogP contribution in [0.1, 0.15) is 37.7 Å². The monoisotopic (exact) mass is 325 g/mol. The van der Waals surface area contributed by atoms with Crippen LogP contribution in [0.4, 0.5) is 5.69 Å². The van der Waals surface area contributed by atoms with E-state index in [0.717, 1.165) is 41.5 Å². The maximum atomic E-state index is 12.3. The van der Waals surface area contributed by atoms with Crippen LogP contribution in [0, 0.1) is 12.8 Å². The summed E-state index contributed by atoms with van der Waals surface area (Å²) in [4.78, 5) is 16.5. The van der Waals surface area contributed by atoms with Crippen molar-refractivity contribution < 1.29 is 4.79 Å². The van der Waals surface area contributed by atoms with E-state index in [1.54, 1.807) is 6.20 Å². The van der Waals surface area contributed by atoms with Crippen molar-refractivity contribution in [3.63, 3.8) is 0 Å². The fraction of sp³-hybridized carbons (Fsp3) is 0.571. The van der Waals surface area contributed by atoms with E-state index in [9.17, 15) is 4.79 Å². The third kappa shape index (κ3) is 3.76. The molecule has 5 heteroatoms. The number of hydrogen-bond acceptors (Lipinski definition) is 3. The van der Waals surface area contributed by atoms with Crippen LogP contribution in [0.25, 0.3) is 0 Å². The lowest BCUT2D eigenvalue weighted by molar-refractivity contribution is -0.120. The lowest BCUT2D eigenvalue weighted by Gasteiger charge is -2.20. The summed E-state index contributed by atoms with van der Waals surface area (Å²) < 4.78 is 0.802. The Bertz CT molecular complexity index is 464. The summed E-state index contributed by atoms with van der Waals surface area (Å²) >= 11 is 3.35. The zero-order valence-corrected chi connectivity index (χ0v) is 12.7. The third-order valence-electron chi connectivity index (χ3n) is 3.69. The molecule has 0 aromatic carbocycles. The molecule has 4 nitrogen and oxygen atoms in total. The van der Waals surface area contributed by atoms with Crippen molar-refractivity contribution in [2.24, 2.45) is 11.7 Å². The number of aryl methyl sites for hydroxylation is 1. The highest BCUT2D eigenvalue weighted by Crippen LogP contribution is 2.24. The molecule has 104 valence electrons. The molecule has 1 saturated carbocycles. The number of amides is 1. The van der Waals surface area contributed by atoms with Crippen LogP contribution in [0.5, 0.6) is 0 Å². The highest BCUT2D eigenvalue weighted by atomic mass is 79.9. The van der Waals surface area contributed by atoms with E-state index in [1.807, 2.05) is 13.0 Å². The lowest BCUT2D eigenvalue weighted by atomic mass is 9.94. The molecule has 1 heterocycles. The van der Waals surface area contributed by atoms with Crippen LogP contribution < -0.4 is 11.1 Å². The van der Waals surface area contributed by atoms with Crippen LogP contribution in [0.2, 0.25) is 0 Å². The van der Waals surface area contributed by atoms with Gasteiger partial charge in [0.15, 0.2) is 0 Å². The molecule has 1 fully saturated rings. The van der Waals surface area contributed by atoms with Gasteiger partial charge in [-0.1, -0.05) is 19.3 Å². The first kappa shape index (κ1) is 14.5. The number of anilines is 1. The summed E-state index contributed by atoms with van der Waals surface area (Å²) in [5, 5.41) is 2.94. The van der Waals surface area contributed by atoms with E-state index in [0.29, 0.717) is 0 Å². The molecule has 2 rings (SSSR count). The zero-order chi connectivity index (χ0) is 13.8. The Labute approximate surface area is 122 Å². The minimum absolute atomic E-state index is 0.0213. The summed E-state index contributed by atoms with van der Waals surface area (Å²) in [6.07, 6.45) is 6.88. The van der Waals surface area contributed by atoms with Crippen molar-refractivity contribution in [2.75, 3.05) is 5.32 Å². The quantitative estimate of drug-likeness (QED) is 0.648. The SMILES string of the molecule is Cc1cc(NC(=O)C2CCCCCC2N)cnc1Br. The molecule has 0 spiro atoms. The maximum absolute atomic E-state index is 12.3. The van der Waals surface area contributed by atoms with Crippen LogP contribution in [0.3, 0.4) is 0 Å². The first-order valence-electron chi connectivity index (χ1n) is 6.76. The van der Waals surface area contributed by atoms with Gasteiger partial charge >= 0.3 is 0 Å². The summed E-state index contributed by atoms with van der Waals surface area (Å²) in [5.41, 5.74) is 7.84. The van der Waals surface area contributed by atoms with Crippen molar-refractivity contribution in [1.29, 1.82) is 0 Å². The van der Waals surface area contributed by atoms with Crippen molar-refractivity contribution >= 4 is 27.5 Å². The van der Waals surface area contributed by atoms with Crippen molar-refractivity contribution in [2.45, 2.75) is 45.1 Å². The van der Waals surface area contributed by atoms with E-state index in [1.165, 1.54) is 6.42 Å². The molecular weight excluding hydrogens is 306 g/mol. The number of pyridine rings is 1. The number of carbonyl (C=O) groups excluding carboxylic acids is 1. The fourth-order valence-electron chi connectivity index (χ4n) is 2.52. The molecule has 3 N–H and O–H groups in total. The van der Waals surface area contributed by atoms with Gasteiger partial charge in [-0.25, -0.2) is 4.98 Å². The minimum Gasteiger partial charge on any atom is -0.327 e. The Hall–Kier alpha value is -0.940. The standard InChI is InChI=1S/C14H20BrN3O/c1-9-7-10(8-17-13(9)15)18-14(19)11-5-3-2-4-6-12(11)16/h7-8,11-12H,2-6,16H2,1H3,(H,18,19). The average Bonchev–Trinajstić information content (AvgIpc) is 2.58. The number of halogens is 1. The first-order valence-corrected chi connectivity index (χ1v) is 7.56. The highest BCUT2D eigenvalue weighted by molar-refractivity contribution is 9.10. The molecule has 0 saturated heterocycles. The number of nitrogens with two attached hydrogens (primary N) is 1. The van der Waals surface area contributed by atoms with Crippen molar-refractivity contribution in [1.82, 2.24) is 4.98 Å². The predicted molar refractivity (Wildman–Crippen MR) is 79.9 cm³/mol. The van der Waals surface area contributed by atoms with Gasteiger partial charge in [0.1, 0.15) is 4.60 Å². The normalized spacial score (nSPS) is 23.7. The minimum atomic E-state index is -0.0774. The van der Waals surface area contributed by atoms with E-state index in [2.05, 4.69) is 26.2 Å². The number of rotatable bonds is 2. The van der Waals surface area contributed by atoms with Crippen LogP contribution in [-0.2, 0) is 4.79 Å². The molecule has 2 atom stereocenters. The van der Waals surface area contributed by atoms with Gasteiger partial charge in [0.05, 0.1) is 17.8 Å². The van der Waals surface area contributed by atoms with E-state index < -0.39 is 0 Å². The van der Waals surface area contributed by atoms with E-state index in [4.69, 9.17) is 5.73 Å². The van der Waals surface area contributed by atoms with Gasteiger partial charge in [-0.15, -0.1) is 0 Å². The number of hydrogen-bond donors (Lipinski definition) is 2. The lowest BCUT2D eigenvalue weighted by Crippen LogP contribution is -2.37. The zero-order valence-electron chi connectivity index (χ0n) is 11.2. The molecule has 19 heavy (non-hydrogen) atoms. The second-order valence-electron chi connectivity index (χ2n) is 5.23. The van der Waals surface area contributed by atoms with E-state index in [-0.39, 0.29) is 17.9 Å². The predicted octanol–water partition coefficient (Wildman–Crippen LogP) is 3.00. The smallest absolute Gasteiger partial charge is 0.229 e. The summed E-state index contributed by atoms with van der Waals surface area (Å²) in [6, 6.07) is 1.89. The summed E-state index contributed by atoms with van der Waals surface area (Å²) in [7, 11) is 0. The Kier molecular flexibility index (Phi) is 4.93. The number of carbonyl (C=O) groups is 1. The molecule has 1 aliphatic carbocycles. The Morgan fingerprint density at radius 1 is 1.42 bits per heavy atom. The first-order chi connectivity index (χ1) is 9.08. The van der Waals surface area contributed by atoms with Crippen LogP contribution in [-0.4, -0.2) is 16.9 Å². The average molecular weight is 326 g/mol. The van der Waals surface area contributed by atoms with Crippen LogP contribution in [0.15, 0.2) is 16.9 Å². The molecule has 1 aliphatic rings. The molecule has 1 amide bonds. The molecule has 0 radical (unpaired) electrons. The van der Waals surface area contributed by atoms with Gasteiger partial charge in [-0.2, -0.15) is 0 Å². The van der Waals surface area contributed by atoms with Crippen LogP contribution >= 0.6 is 15.9 Å². The van der Waals surface area contributed by atoms with Gasteiger partial charge in [0.2, 0.25) is 5.91 Å². The highest BCUT2D eigenvalue weighted by Gasteiger charge is 2.27. The topological polar surface area (TPSA) is 68.0 Å². The third-order valence-corrected chi connectivity index (χ3v) is 4.52. The fourth-order valence-corrected chi connectivity index (χ4v) is 2.74. The Morgan fingerprint density at radius 3 is 2.89 bits per heavy atom. The molecule has 2 unspecified atom stereocenters. The molecule has 1 aromatic rings. The van der Waals surface area contributed by atoms with Gasteiger partial charge in [-0.05, 0) is 47.3 Å². The summed E-state index contributed by atoms with van der Waals surface area (Å²) in [6.45, 7) is 1.95. The summed E-state index contributed by atoms with van der Waals surface area (Å²) in [5.74, 6) is -0.0515. The van der Waals surface area contributed by atoms with Gasteiger partial charge in [-0.3, -0.25) is 4.79 Å². The molecule has 0 aliphatic heterocycles. The van der Waals surface area contributed by atoms with Gasteiger partial charge in [0.25, 0.3) is 0 Å². The van der Waals surface area contributed by atoms with Gasteiger partial charge < -0.3 is 11.1 Å².